The first-order valence-electron chi connectivity index (χ1n) is 4.76. The molecular formula is C11H11F3O3. The van der Waals surface area contributed by atoms with Gasteiger partial charge in [0.15, 0.2) is 6.10 Å². The van der Waals surface area contributed by atoms with E-state index < -0.39 is 23.8 Å². The van der Waals surface area contributed by atoms with Gasteiger partial charge in [-0.05, 0) is 31.2 Å². The molecule has 6 heteroatoms. The van der Waals surface area contributed by atoms with E-state index >= 15 is 0 Å². The first-order chi connectivity index (χ1) is 7.84. The zero-order valence-electron chi connectivity index (χ0n) is 9.25. The van der Waals surface area contributed by atoms with Crippen LogP contribution in [0.25, 0.3) is 0 Å². The number of carbonyl (C=O) groups is 1. The molecule has 0 aliphatic carbocycles. The van der Waals surface area contributed by atoms with Crippen LogP contribution >= 0.6 is 0 Å². The van der Waals surface area contributed by atoms with Gasteiger partial charge < -0.3 is 9.47 Å². The van der Waals surface area contributed by atoms with Gasteiger partial charge in [0.25, 0.3) is 0 Å². The fourth-order valence-electron chi connectivity index (χ4n) is 1.14. The summed E-state index contributed by atoms with van der Waals surface area (Å²) in [5, 5.41) is 0. The van der Waals surface area contributed by atoms with E-state index in [0.29, 0.717) is 0 Å². The van der Waals surface area contributed by atoms with Crippen LogP contribution in [0.3, 0.4) is 0 Å². The second-order valence-electron chi connectivity index (χ2n) is 3.31. The fraction of sp³-hybridized carbons (Fsp3) is 0.364. The summed E-state index contributed by atoms with van der Waals surface area (Å²) in [6, 6.07) is 4.09. The second kappa shape index (κ2) is 5.07. The summed E-state index contributed by atoms with van der Waals surface area (Å²) in [5.74, 6) is -0.416. The topological polar surface area (TPSA) is 35.5 Å². The highest BCUT2D eigenvalue weighted by atomic mass is 19.4. The molecule has 3 nitrogen and oxygen atoms in total. The average Bonchev–Trinajstić information content (AvgIpc) is 2.27. The number of carbonyl (C=O) groups excluding carboxylic acids is 1. The van der Waals surface area contributed by atoms with Crippen molar-refractivity contribution in [3.63, 3.8) is 0 Å². The molecule has 0 heterocycles. The summed E-state index contributed by atoms with van der Waals surface area (Å²) < 4.78 is 46.3. The lowest BCUT2D eigenvalue weighted by Crippen LogP contribution is -2.24. The van der Waals surface area contributed by atoms with Gasteiger partial charge in [0, 0.05) is 0 Å². The number of alkyl halides is 3. The first kappa shape index (κ1) is 13.3. The van der Waals surface area contributed by atoms with E-state index in [1.807, 2.05) is 0 Å². The molecule has 0 aliphatic rings. The Labute approximate surface area is 96.1 Å². The summed E-state index contributed by atoms with van der Waals surface area (Å²) in [4.78, 5) is 11.0. The molecule has 1 atom stereocenters. The highest BCUT2D eigenvalue weighted by Gasteiger charge is 2.30. The largest absolute Gasteiger partial charge is 0.479 e. The van der Waals surface area contributed by atoms with Crippen LogP contribution in [0.15, 0.2) is 24.3 Å². The summed E-state index contributed by atoms with van der Waals surface area (Å²) in [6.07, 6.45) is -5.25. The molecule has 94 valence electrons. The Balaban J connectivity index is 2.72. The Morgan fingerprint density at radius 1 is 1.24 bits per heavy atom. The SMILES string of the molecule is COC(=O)C(C)Oc1ccc(C(F)(F)F)cc1. The predicted octanol–water partition coefficient (Wildman–Crippen LogP) is 2.65. The lowest BCUT2D eigenvalue weighted by atomic mass is 10.2. The van der Waals surface area contributed by atoms with Gasteiger partial charge in [0.05, 0.1) is 12.7 Å². The van der Waals surface area contributed by atoms with Gasteiger partial charge in [-0.2, -0.15) is 13.2 Å². The molecule has 0 amide bonds. The van der Waals surface area contributed by atoms with Crippen molar-refractivity contribution in [2.24, 2.45) is 0 Å². The summed E-state index contributed by atoms with van der Waals surface area (Å²) >= 11 is 0. The van der Waals surface area contributed by atoms with Gasteiger partial charge in [0.2, 0.25) is 0 Å². The molecule has 17 heavy (non-hydrogen) atoms. The molecular weight excluding hydrogens is 237 g/mol. The van der Waals surface area contributed by atoms with Gasteiger partial charge >= 0.3 is 12.1 Å². The zero-order chi connectivity index (χ0) is 13.1. The number of methoxy groups -OCH3 is 1. The normalized spacial score (nSPS) is 13.0. The number of halogens is 3. The molecule has 0 aromatic heterocycles. The molecule has 1 unspecified atom stereocenters. The zero-order valence-corrected chi connectivity index (χ0v) is 9.25. The molecule has 1 aromatic rings. The van der Waals surface area contributed by atoms with E-state index in [1.165, 1.54) is 14.0 Å². The minimum Gasteiger partial charge on any atom is -0.479 e. The molecule has 0 aliphatic heterocycles. The first-order valence-corrected chi connectivity index (χ1v) is 4.76. The third kappa shape index (κ3) is 3.65. The van der Waals surface area contributed by atoms with E-state index in [4.69, 9.17) is 4.74 Å². The Hall–Kier alpha value is -1.72. The minimum atomic E-state index is -4.38. The van der Waals surface area contributed by atoms with E-state index in [9.17, 15) is 18.0 Å². The van der Waals surface area contributed by atoms with Crippen molar-refractivity contribution in [1.29, 1.82) is 0 Å². The molecule has 0 saturated heterocycles. The van der Waals surface area contributed by atoms with Crippen molar-refractivity contribution in [3.05, 3.63) is 29.8 Å². The number of ether oxygens (including phenoxy) is 2. The minimum absolute atomic E-state index is 0.177. The van der Waals surface area contributed by atoms with Crippen LogP contribution in [0.5, 0.6) is 5.75 Å². The number of esters is 1. The van der Waals surface area contributed by atoms with Crippen LogP contribution in [-0.2, 0) is 15.7 Å². The van der Waals surface area contributed by atoms with Crippen molar-refractivity contribution in [3.8, 4) is 5.75 Å². The third-order valence-electron chi connectivity index (χ3n) is 2.03. The van der Waals surface area contributed by atoms with Gasteiger partial charge in [-0.15, -0.1) is 0 Å². The van der Waals surface area contributed by atoms with Crippen LogP contribution in [-0.4, -0.2) is 19.2 Å². The Morgan fingerprint density at radius 3 is 2.18 bits per heavy atom. The van der Waals surface area contributed by atoms with Gasteiger partial charge in [-0.1, -0.05) is 0 Å². The van der Waals surface area contributed by atoms with E-state index in [-0.39, 0.29) is 5.75 Å². The highest BCUT2D eigenvalue weighted by Crippen LogP contribution is 2.30. The number of hydrogen-bond donors (Lipinski definition) is 0. The smallest absolute Gasteiger partial charge is 0.416 e. The molecule has 0 bridgehead atoms. The Kier molecular flexibility index (Phi) is 3.98. The highest BCUT2D eigenvalue weighted by molar-refractivity contribution is 5.74. The molecule has 0 fully saturated rings. The Morgan fingerprint density at radius 2 is 1.76 bits per heavy atom. The maximum Gasteiger partial charge on any atom is 0.416 e. The summed E-state index contributed by atoms with van der Waals surface area (Å²) in [6.45, 7) is 1.45. The molecule has 1 aromatic carbocycles. The molecule has 1 rings (SSSR count). The number of rotatable bonds is 3. The van der Waals surface area contributed by atoms with Crippen molar-refractivity contribution >= 4 is 5.97 Å². The maximum absolute atomic E-state index is 12.2. The van der Waals surface area contributed by atoms with Crippen molar-refractivity contribution in [2.45, 2.75) is 19.2 Å². The van der Waals surface area contributed by atoms with Crippen LogP contribution in [0.2, 0.25) is 0 Å². The van der Waals surface area contributed by atoms with Crippen LogP contribution in [0.1, 0.15) is 12.5 Å². The molecule has 0 N–H and O–H groups in total. The van der Waals surface area contributed by atoms with Crippen molar-refractivity contribution < 1.29 is 27.4 Å². The van der Waals surface area contributed by atoms with E-state index in [1.54, 1.807) is 0 Å². The molecule has 0 radical (unpaired) electrons. The number of benzene rings is 1. The summed E-state index contributed by atoms with van der Waals surface area (Å²) in [7, 11) is 1.20. The van der Waals surface area contributed by atoms with E-state index in [0.717, 1.165) is 24.3 Å². The quantitative estimate of drug-likeness (QED) is 0.771. The molecule has 0 spiro atoms. The van der Waals surface area contributed by atoms with Gasteiger partial charge in [0.1, 0.15) is 5.75 Å². The van der Waals surface area contributed by atoms with E-state index in [2.05, 4.69) is 4.74 Å². The summed E-state index contributed by atoms with van der Waals surface area (Å²) in [5.41, 5.74) is -0.768. The predicted molar refractivity (Wildman–Crippen MR) is 53.6 cm³/mol. The average molecular weight is 248 g/mol. The third-order valence-corrected chi connectivity index (χ3v) is 2.03. The van der Waals surface area contributed by atoms with Crippen LogP contribution < -0.4 is 4.74 Å². The lowest BCUT2D eigenvalue weighted by molar-refractivity contribution is -0.148. The van der Waals surface area contributed by atoms with Crippen molar-refractivity contribution in [2.75, 3.05) is 7.11 Å². The van der Waals surface area contributed by atoms with Gasteiger partial charge in [-0.25, -0.2) is 4.79 Å². The monoisotopic (exact) mass is 248 g/mol. The number of hydrogen-bond acceptors (Lipinski definition) is 3. The maximum atomic E-state index is 12.2. The second-order valence-corrected chi connectivity index (χ2v) is 3.31. The van der Waals surface area contributed by atoms with Crippen LogP contribution in [0.4, 0.5) is 13.2 Å². The van der Waals surface area contributed by atoms with Crippen LogP contribution in [0, 0.1) is 0 Å². The lowest BCUT2D eigenvalue weighted by Gasteiger charge is -2.13. The standard InChI is InChI=1S/C11H11F3O3/c1-7(10(15)16-2)17-9-5-3-8(4-6-9)11(12,13)14/h3-7H,1-2H3. The van der Waals surface area contributed by atoms with Gasteiger partial charge in [-0.3, -0.25) is 0 Å². The fourth-order valence-corrected chi connectivity index (χ4v) is 1.14. The van der Waals surface area contributed by atoms with Crippen molar-refractivity contribution in [1.82, 2.24) is 0 Å². The Bertz CT molecular complexity index is 384. The molecule has 0 saturated carbocycles.